The lowest BCUT2D eigenvalue weighted by Gasteiger charge is -2.10. The zero-order valence-electron chi connectivity index (χ0n) is 12.4. The maximum Gasteiger partial charge on any atom is 0.123 e. The minimum atomic E-state index is 0.200. The first-order chi connectivity index (χ1) is 10.3. The van der Waals surface area contributed by atoms with Crippen molar-refractivity contribution >= 4 is 0 Å². The maximum absolute atomic E-state index is 6.01. The number of hydrogen-bond donors (Lipinski definition) is 1. The molecule has 4 heteroatoms. The molecular weight excluding hydrogens is 262 g/mol. The highest BCUT2D eigenvalue weighted by Crippen LogP contribution is 2.30. The Hall–Kier alpha value is -1.81. The van der Waals surface area contributed by atoms with Crippen molar-refractivity contribution < 1.29 is 4.74 Å². The molecular formula is C17H21N3O. The molecule has 0 saturated heterocycles. The Labute approximate surface area is 125 Å². The zero-order valence-corrected chi connectivity index (χ0v) is 12.4. The summed E-state index contributed by atoms with van der Waals surface area (Å²) in [5.74, 6) is 1.04. The number of rotatable bonds is 5. The maximum atomic E-state index is 6.01. The lowest BCUT2D eigenvalue weighted by Crippen LogP contribution is -2.21. The van der Waals surface area contributed by atoms with Crippen LogP contribution in [-0.4, -0.2) is 21.9 Å². The predicted octanol–water partition coefficient (Wildman–Crippen LogP) is 2.45. The monoisotopic (exact) mass is 283 g/mol. The lowest BCUT2D eigenvalue weighted by molar-refractivity contribution is 0.203. The Morgan fingerprint density at radius 1 is 1.38 bits per heavy atom. The van der Waals surface area contributed by atoms with Gasteiger partial charge in [0, 0.05) is 30.8 Å². The van der Waals surface area contributed by atoms with Crippen molar-refractivity contribution in [1.82, 2.24) is 15.1 Å². The molecule has 1 aromatic carbocycles. The van der Waals surface area contributed by atoms with Gasteiger partial charge in [0.1, 0.15) is 11.9 Å². The summed E-state index contributed by atoms with van der Waals surface area (Å²) in [4.78, 5) is 0. The Bertz CT molecular complexity index is 645. The smallest absolute Gasteiger partial charge is 0.123 e. The van der Waals surface area contributed by atoms with E-state index < -0.39 is 0 Å². The molecule has 1 N–H and O–H groups in total. The van der Waals surface area contributed by atoms with E-state index in [1.165, 1.54) is 29.5 Å². The molecule has 0 bridgehead atoms. The number of hydrogen-bond acceptors (Lipinski definition) is 3. The van der Waals surface area contributed by atoms with Crippen LogP contribution < -0.4 is 10.1 Å². The van der Waals surface area contributed by atoms with Crippen molar-refractivity contribution in [3.8, 4) is 5.75 Å². The third kappa shape index (κ3) is 2.95. The molecule has 4 rings (SSSR count). The summed E-state index contributed by atoms with van der Waals surface area (Å²) < 4.78 is 8.01. The van der Waals surface area contributed by atoms with E-state index in [0.29, 0.717) is 0 Å². The van der Waals surface area contributed by atoms with Crippen molar-refractivity contribution in [1.29, 1.82) is 0 Å². The van der Waals surface area contributed by atoms with Crippen LogP contribution in [0.25, 0.3) is 0 Å². The molecule has 1 aliphatic heterocycles. The van der Waals surface area contributed by atoms with Crippen LogP contribution in [0.4, 0.5) is 0 Å². The number of fused-ring (bicyclic) bond motifs is 1. The second-order valence-corrected chi connectivity index (χ2v) is 6.28. The van der Waals surface area contributed by atoms with Crippen LogP contribution in [0.3, 0.4) is 0 Å². The van der Waals surface area contributed by atoms with Crippen molar-refractivity contribution in [3.63, 3.8) is 0 Å². The highest BCUT2D eigenvalue weighted by Gasteiger charge is 2.24. The summed E-state index contributed by atoms with van der Waals surface area (Å²) in [6.45, 7) is 3.87. The van der Waals surface area contributed by atoms with Gasteiger partial charge in [0.2, 0.25) is 0 Å². The lowest BCUT2D eigenvalue weighted by atomic mass is 10.1. The molecule has 1 aromatic heterocycles. The van der Waals surface area contributed by atoms with Crippen molar-refractivity contribution in [2.24, 2.45) is 0 Å². The Morgan fingerprint density at radius 3 is 3.14 bits per heavy atom. The van der Waals surface area contributed by atoms with E-state index in [1.807, 2.05) is 10.9 Å². The molecule has 0 spiro atoms. The van der Waals surface area contributed by atoms with E-state index in [2.05, 4.69) is 41.7 Å². The van der Waals surface area contributed by atoms with Crippen LogP contribution in [-0.2, 0) is 19.5 Å². The molecule has 1 saturated carbocycles. The Balaban J connectivity index is 1.36. The summed E-state index contributed by atoms with van der Waals surface area (Å²) in [7, 11) is 0. The van der Waals surface area contributed by atoms with E-state index in [-0.39, 0.29) is 6.10 Å². The van der Waals surface area contributed by atoms with Gasteiger partial charge in [0.25, 0.3) is 0 Å². The average Bonchev–Trinajstić information content (AvgIpc) is 3.05. The van der Waals surface area contributed by atoms with Gasteiger partial charge in [0.15, 0.2) is 0 Å². The van der Waals surface area contributed by atoms with Crippen LogP contribution in [0.1, 0.15) is 29.5 Å². The van der Waals surface area contributed by atoms with E-state index >= 15 is 0 Å². The topological polar surface area (TPSA) is 39.1 Å². The minimum Gasteiger partial charge on any atom is -0.488 e. The first-order valence-corrected chi connectivity index (χ1v) is 7.77. The van der Waals surface area contributed by atoms with E-state index in [0.717, 1.165) is 31.3 Å². The van der Waals surface area contributed by atoms with Crippen molar-refractivity contribution in [2.45, 2.75) is 51.4 Å². The van der Waals surface area contributed by atoms with Crippen LogP contribution in [0.2, 0.25) is 0 Å². The van der Waals surface area contributed by atoms with Gasteiger partial charge < -0.3 is 10.1 Å². The minimum absolute atomic E-state index is 0.200. The number of nitrogens with one attached hydrogen (secondary N) is 1. The van der Waals surface area contributed by atoms with E-state index in [1.54, 1.807) is 0 Å². The van der Waals surface area contributed by atoms with Gasteiger partial charge in [-0.3, -0.25) is 4.68 Å². The summed E-state index contributed by atoms with van der Waals surface area (Å²) in [5, 5.41) is 7.97. The van der Waals surface area contributed by atoms with Gasteiger partial charge in [-0.15, -0.1) is 0 Å². The standard InChI is InChI=1S/C17H21N3O/c1-12-2-5-17-14(6-12)7-16(21-17)11-20-10-13(9-19-20)8-18-15-3-4-15/h2,5-6,9-10,15-16,18H,3-4,7-8,11H2,1H3. The van der Waals surface area contributed by atoms with Gasteiger partial charge in [-0.2, -0.15) is 5.10 Å². The number of aryl methyl sites for hydroxylation is 1. The third-order valence-corrected chi connectivity index (χ3v) is 4.21. The number of benzene rings is 1. The van der Waals surface area contributed by atoms with Crippen LogP contribution in [0.5, 0.6) is 5.75 Å². The summed E-state index contributed by atoms with van der Waals surface area (Å²) in [6, 6.07) is 7.16. The van der Waals surface area contributed by atoms with E-state index in [9.17, 15) is 0 Å². The van der Waals surface area contributed by atoms with Gasteiger partial charge in [-0.1, -0.05) is 17.7 Å². The number of aromatic nitrogens is 2. The molecule has 0 amide bonds. The quantitative estimate of drug-likeness (QED) is 0.916. The molecule has 21 heavy (non-hydrogen) atoms. The molecule has 1 atom stereocenters. The van der Waals surface area contributed by atoms with Gasteiger partial charge in [0.05, 0.1) is 12.7 Å². The largest absolute Gasteiger partial charge is 0.488 e. The molecule has 110 valence electrons. The first kappa shape index (κ1) is 12.9. The van der Waals surface area contributed by atoms with E-state index in [4.69, 9.17) is 4.74 Å². The number of nitrogens with zero attached hydrogens (tertiary/aromatic N) is 2. The third-order valence-electron chi connectivity index (χ3n) is 4.21. The van der Waals surface area contributed by atoms with Crippen molar-refractivity contribution in [2.75, 3.05) is 0 Å². The second-order valence-electron chi connectivity index (χ2n) is 6.28. The molecule has 1 fully saturated rings. The van der Waals surface area contributed by atoms with Gasteiger partial charge in [-0.05, 0) is 31.4 Å². The zero-order chi connectivity index (χ0) is 14.2. The normalized spacial score (nSPS) is 20.3. The fraction of sp³-hybridized carbons (Fsp3) is 0.471. The fourth-order valence-electron chi connectivity index (χ4n) is 2.91. The van der Waals surface area contributed by atoms with Gasteiger partial charge >= 0.3 is 0 Å². The Kier molecular flexibility index (Phi) is 3.19. The van der Waals surface area contributed by atoms with Crippen LogP contribution >= 0.6 is 0 Å². The molecule has 1 unspecified atom stereocenters. The van der Waals surface area contributed by atoms with Crippen molar-refractivity contribution in [3.05, 3.63) is 47.3 Å². The molecule has 1 aliphatic carbocycles. The molecule has 2 heterocycles. The summed E-state index contributed by atoms with van der Waals surface area (Å²) >= 11 is 0. The second kappa shape index (κ2) is 5.19. The summed E-state index contributed by atoms with van der Waals surface area (Å²) in [5.41, 5.74) is 3.88. The highest BCUT2D eigenvalue weighted by atomic mass is 16.5. The summed E-state index contributed by atoms with van der Waals surface area (Å²) in [6.07, 6.45) is 7.91. The SMILES string of the molecule is Cc1ccc2c(c1)CC(Cn1cc(CNC3CC3)cn1)O2. The predicted molar refractivity (Wildman–Crippen MR) is 81.4 cm³/mol. The molecule has 0 radical (unpaired) electrons. The van der Waals surface area contributed by atoms with Gasteiger partial charge in [-0.25, -0.2) is 0 Å². The highest BCUT2D eigenvalue weighted by molar-refractivity contribution is 5.40. The molecule has 4 nitrogen and oxygen atoms in total. The van der Waals surface area contributed by atoms with Crippen LogP contribution in [0.15, 0.2) is 30.6 Å². The first-order valence-electron chi connectivity index (χ1n) is 7.77. The number of ether oxygens (including phenoxy) is 1. The Morgan fingerprint density at radius 2 is 2.29 bits per heavy atom. The fourth-order valence-corrected chi connectivity index (χ4v) is 2.91. The molecule has 2 aromatic rings. The average molecular weight is 283 g/mol. The molecule has 2 aliphatic rings. The van der Waals surface area contributed by atoms with Crippen LogP contribution in [0, 0.1) is 6.92 Å².